The second-order valence-electron chi connectivity index (χ2n) is 7.64. The van der Waals surface area contributed by atoms with E-state index in [1.165, 1.54) is 46.8 Å². The number of alkyl halides is 3. The first kappa shape index (κ1) is 24.2. The van der Waals surface area contributed by atoms with Gasteiger partial charge in [-0.1, -0.05) is 18.2 Å². The van der Waals surface area contributed by atoms with Crippen molar-refractivity contribution in [3.05, 3.63) is 59.7 Å². The summed E-state index contributed by atoms with van der Waals surface area (Å²) in [6.07, 6.45) is -4.48. The van der Waals surface area contributed by atoms with Gasteiger partial charge in [-0.2, -0.15) is 13.2 Å². The van der Waals surface area contributed by atoms with Crippen LogP contribution in [0.4, 0.5) is 13.2 Å². The Labute approximate surface area is 185 Å². The molecule has 0 radical (unpaired) electrons. The molecule has 3 rings (SSSR count). The minimum absolute atomic E-state index is 0.000980. The number of hydrogen-bond donors (Lipinski definition) is 2. The second-order valence-corrected chi connectivity index (χ2v) is 9.07. The van der Waals surface area contributed by atoms with E-state index in [1.807, 2.05) is 0 Å². The lowest BCUT2D eigenvalue weighted by molar-refractivity contribution is -0.153. The SMILES string of the molecule is CC1(C)OCCN(S(=O)c2ccc(OCc3ccccc3C(F)(F)F)cc2)[C@H]1C(=O)NO. The van der Waals surface area contributed by atoms with E-state index < -0.39 is 40.3 Å². The molecule has 1 amide bonds. The van der Waals surface area contributed by atoms with Crippen molar-refractivity contribution < 1.29 is 36.9 Å². The molecule has 0 spiro atoms. The standard InChI is InChI=1S/C21H23F3N2O5S/c1-20(2)18(19(27)25-28)26(11-12-31-20)32(29)16-9-7-15(8-10-16)30-13-14-5-3-4-6-17(14)21(22,23)24/h3-10,18,28H,11-13H2,1-2H3,(H,25,27)/t18-,32?/m0/s1. The van der Waals surface area contributed by atoms with E-state index in [1.54, 1.807) is 19.3 Å². The van der Waals surface area contributed by atoms with Crippen molar-refractivity contribution in [1.82, 2.24) is 9.79 Å². The molecule has 1 aliphatic rings. The van der Waals surface area contributed by atoms with Crippen LogP contribution < -0.4 is 10.2 Å². The molecular formula is C21H23F3N2O5S. The van der Waals surface area contributed by atoms with E-state index in [0.29, 0.717) is 10.6 Å². The molecule has 1 unspecified atom stereocenters. The fraction of sp³-hybridized carbons (Fsp3) is 0.381. The Morgan fingerprint density at radius 3 is 2.53 bits per heavy atom. The van der Waals surface area contributed by atoms with Gasteiger partial charge < -0.3 is 9.47 Å². The van der Waals surface area contributed by atoms with Crippen LogP contribution in [0.3, 0.4) is 0 Å². The zero-order chi connectivity index (χ0) is 23.5. The summed E-state index contributed by atoms with van der Waals surface area (Å²) in [5, 5.41) is 9.08. The smallest absolute Gasteiger partial charge is 0.416 e. The van der Waals surface area contributed by atoms with Crippen LogP contribution >= 0.6 is 0 Å². The maximum absolute atomic E-state index is 13.1. The molecule has 1 aliphatic heterocycles. The number of morpholine rings is 1. The quantitative estimate of drug-likeness (QED) is 0.498. The Kier molecular flexibility index (Phi) is 7.23. The molecule has 2 aromatic carbocycles. The number of hydroxylamine groups is 1. The monoisotopic (exact) mass is 472 g/mol. The average molecular weight is 472 g/mol. The molecule has 0 saturated carbocycles. The number of carbonyl (C=O) groups is 1. The van der Waals surface area contributed by atoms with Gasteiger partial charge in [0.1, 0.15) is 29.4 Å². The van der Waals surface area contributed by atoms with Crippen LogP contribution in [0.1, 0.15) is 25.0 Å². The number of amides is 1. The van der Waals surface area contributed by atoms with E-state index in [0.717, 1.165) is 6.07 Å². The first-order chi connectivity index (χ1) is 15.0. The Hall–Kier alpha value is -2.47. The van der Waals surface area contributed by atoms with Crippen LogP contribution in [-0.4, -0.2) is 44.4 Å². The lowest BCUT2D eigenvalue weighted by Gasteiger charge is -2.43. The van der Waals surface area contributed by atoms with Crippen LogP contribution in [0.5, 0.6) is 5.75 Å². The summed E-state index contributed by atoms with van der Waals surface area (Å²) in [4.78, 5) is 12.5. The predicted octanol–water partition coefficient (Wildman–Crippen LogP) is 3.29. The summed E-state index contributed by atoms with van der Waals surface area (Å²) >= 11 is 0. The van der Waals surface area contributed by atoms with Crippen LogP contribution in [0, 0.1) is 0 Å². The molecule has 0 bridgehead atoms. The summed E-state index contributed by atoms with van der Waals surface area (Å²) in [6, 6.07) is 10.2. The maximum Gasteiger partial charge on any atom is 0.416 e. The molecule has 0 aliphatic carbocycles. The summed E-state index contributed by atoms with van der Waals surface area (Å²) in [5.41, 5.74) is -0.165. The molecule has 2 atom stereocenters. The highest BCUT2D eigenvalue weighted by Crippen LogP contribution is 2.33. The first-order valence-corrected chi connectivity index (χ1v) is 10.8. The fourth-order valence-corrected chi connectivity index (χ4v) is 4.93. The Morgan fingerprint density at radius 2 is 1.91 bits per heavy atom. The fourth-order valence-electron chi connectivity index (χ4n) is 3.51. The molecule has 1 saturated heterocycles. The third-order valence-corrected chi connectivity index (χ3v) is 6.54. The number of benzene rings is 2. The highest BCUT2D eigenvalue weighted by atomic mass is 32.2. The van der Waals surface area contributed by atoms with Gasteiger partial charge in [0.25, 0.3) is 5.91 Å². The summed E-state index contributed by atoms with van der Waals surface area (Å²) in [6.45, 7) is 3.47. The van der Waals surface area contributed by atoms with Crippen molar-refractivity contribution >= 4 is 16.9 Å². The average Bonchev–Trinajstić information content (AvgIpc) is 2.76. The minimum Gasteiger partial charge on any atom is -0.489 e. The largest absolute Gasteiger partial charge is 0.489 e. The van der Waals surface area contributed by atoms with E-state index in [2.05, 4.69) is 0 Å². The highest BCUT2D eigenvalue weighted by molar-refractivity contribution is 7.82. The highest BCUT2D eigenvalue weighted by Gasteiger charge is 2.46. The number of ether oxygens (including phenoxy) is 2. The molecule has 1 heterocycles. The number of rotatable bonds is 6. The van der Waals surface area contributed by atoms with Gasteiger partial charge in [0.2, 0.25) is 0 Å². The van der Waals surface area contributed by atoms with Gasteiger partial charge in [-0.25, -0.2) is 14.0 Å². The van der Waals surface area contributed by atoms with Crippen molar-refractivity contribution in [2.24, 2.45) is 0 Å². The van der Waals surface area contributed by atoms with E-state index in [9.17, 15) is 22.2 Å². The summed E-state index contributed by atoms with van der Waals surface area (Å²) < 4.78 is 65.0. The van der Waals surface area contributed by atoms with Gasteiger partial charge in [0.05, 0.1) is 22.7 Å². The second kappa shape index (κ2) is 9.57. The lowest BCUT2D eigenvalue weighted by Crippen LogP contribution is -2.62. The van der Waals surface area contributed by atoms with Crippen molar-refractivity contribution in [3.8, 4) is 5.75 Å². The zero-order valence-corrected chi connectivity index (χ0v) is 18.2. The topological polar surface area (TPSA) is 88.1 Å². The number of carbonyl (C=O) groups excluding carboxylic acids is 1. The van der Waals surface area contributed by atoms with Gasteiger partial charge in [-0.3, -0.25) is 10.0 Å². The maximum atomic E-state index is 13.1. The summed E-state index contributed by atoms with van der Waals surface area (Å²) in [5.74, 6) is -0.444. The van der Waals surface area contributed by atoms with Crippen molar-refractivity contribution in [3.63, 3.8) is 0 Å². The van der Waals surface area contributed by atoms with E-state index in [-0.39, 0.29) is 25.3 Å². The number of nitrogens with zero attached hydrogens (tertiary/aromatic N) is 1. The third-order valence-electron chi connectivity index (χ3n) is 5.05. The van der Waals surface area contributed by atoms with E-state index in [4.69, 9.17) is 14.7 Å². The minimum atomic E-state index is -4.48. The Balaban J connectivity index is 1.73. The third kappa shape index (κ3) is 5.29. The van der Waals surface area contributed by atoms with Gasteiger partial charge in [0, 0.05) is 12.1 Å². The summed E-state index contributed by atoms with van der Waals surface area (Å²) in [7, 11) is -1.76. The number of hydrogen-bond acceptors (Lipinski definition) is 5. The Bertz CT molecular complexity index is 982. The van der Waals surface area contributed by atoms with Gasteiger partial charge in [-0.15, -0.1) is 0 Å². The molecule has 32 heavy (non-hydrogen) atoms. The number of halogens is 3. The molecule has 7 nitrogen and oxygen atoms in total. The van der Waals surface area contributed by atoms with Gasteiger partial charge >= 0.3 is 6.18 Å². The van der Waals surface area contributed by atoms with Gasteiger partial charge in [-0.05, 0) is 44.2 Å². The van der Waals surface area contributed by atoms with Crippen LogP contribution in [0.15, 0.2) is 53.4 Å². The normalized spacial score (nSPS) is 19.9. The molecule has 0 aromatic heterocycles. The first-order valence-electron chi connectivity index (χ1n) is 9.69. The predicted molar refractivity (Wildman–Crippen MR) is 109 cm³/mol. The van der Waals surface area contributed by atoms with Gasteiger partial charge in [0.15, 0.2) is 0 Å². The molecule has 174 valence electrons. The van der Waals surface area contributed by atoms with E-state index >= 15 is 0 Å². The molecule has 2 aromatic rings. The molecular weight excluding hydrogens is 449 g/mol. The van der Waals surface area contributed by atoms with Crippen LogP contribution in [0.25, 0.3) is 0 Å². The molecule has 1 fully saturated rings. The zero-order valence-electron chi connectivity index (χ0n) is 17.4. The van der Waals surface area contributed by atoms with Crippen LogP contribution in [-0.2, 0) is 33.3 Å². The van der Waals surface area contributed by atoms with Crippen molar-refractivity contribution in [2.75, 3.05) is 13.2 Å². The molecule has 11 heteroatoms. The number of nitrogens with one attached hydrogen (secondary N) is 1. The van der Waals surface area contributed by atoms with Crippen molar-refractivity contribution in [1.29, 1.82) is 0 Å². The molecule has 2 N–H and O–H groups in total. The van der Waals surface area contributed by atoms with Crippen molar-refractivity contribution in [2.45, 2.75) is 43.2 Å². The van der Waals surface area contributed by atoms with Crippen LogP contribution in [0.2, 0.25) is 0 Å². The lowest BCUT2D eigenvalue weighted by atomic mass is 9.96. The Morgan fingerprint density at radius 1 is 1.25 bits per heavy atom.